The molecule has 0 atom stereocenters. The van der Waals surface area contributed by atoms with Gasteiger partial charge in [-0.2, -0.15) is 0 Å². The van der Waals surface area contributed by atoms with Gasteiger partial charge in [0.1, 0.15) is 6.54 Å². The first kappa shape index (κ1) is 15.9. The Balaban J connectivity index is 1.80. The van der Waals surface area contributed by atoms with Gasteiger partial charge in [-0.3, -0.25) is 9.59 Å². The van der Waals surface area contributed by atoms with Crippen LogP contribution >= 0.6 is 11.8 Å². The fourth-order valence-electron chi connectivity index (χ4n) is 2.94. The van der Waals surface area contributed by atoms with Crippen molar-refractivity contribution in [2.24, 2.45) is 5.73 Å². The van der Waals surface area contributed by atoms with Gasteiger partial charge in [0, 0.05) is 6.04 Å². The second-order valence-electron chi connectivity index (χ2n) is 5.77. The molecule has 6 nitrogen and oxygen atoms in total. The van der Waals surface area contributed by atoms with E-state index in [1.54, 1.807) is 0 Å². The van der Waals surface area contributed by atoms with E-state index in [1.807, 2.05) is 28.8 Å². The summed E-state index contributed by atoms with van der Waals surface area (Å²) in [5.41, 5.74) is 6.92. The number of nitrogens with two attached hydrogens (primary N) is 1. The number of primary amides is 1. The maximum Gasteiger partial charge on any atom is 0.240 e. The van der Waals surface area contributed by atoms with Crippen molar-refractivity contribution in [2.75, 3.05) is 5.75 Å². The summed E-state index contributed by atoms with van der Waals surface area (Å²) in [6.07, 6.45) is 4.47. The third kappa shape index (κ3) is 3.85. The Bertz CT molecular complexity index is 722. The minimum Gasteiger partial charge on any atom is -0.369 e. The molecule has 7 heteroatoms. The molecule has 23 heavy (non-hydrogen) atoms. The second kappa shape index (κ2) is 7.04. The normalized spacial score (nSPS) is 15.1. The molecule has 0 saturated heterocycles. The van der Waals surface area contributed by atoms with Crippen molar-refractivity contribution in [3.8, 4) is 0 Å². The number of hydrogen-bond donors (Lipinski definition) is 2. The molecule has 3 N–H and O–H groups in total. The number of thioether (sulfide) groups is 1. The molecule has 0 spiro atoms. The molecule has 1 saturated carbocycles. The van der Waals surface area contributed by atoms with Gasteiger partial charge < -0.3 is 15.6 Å². The Kier molecular flexibility index (Phi) is 4.85. The Morgan fingerprint density at radius 1 is 1.30 bits per heavy atom. The maximum absolute atomic E-state index is 12.3. The van der Waals surface area contributed by atoms with Crippen molar-refractivity contribution in [3.05, 3.63) is 24.3 Å². The summed E-state index contributed by atoms with van der Waals surface area (Å²) in [5.74, 6) is -0.266. The van der Waals surface area contributed by atoms with Crippen molar-refractivity contribution in [1.29, 1.82) is 0 Å². The Hall–Kier alpha value is -2.02. The van der Waals surface area contributed by atoms with Crippen LogP contribution < -0.4 is 11.1 Å². The van der Waals surface area contributed by atoms with Crippen molar-refractivity contribution >= 4 is 34.6 Å². The van der Waals surface area contributed by atoms with Crippen LogP contribution in [-0.4, -0.2) is 33.2 Å². The number of rotatable bonds is 6. The molecule has 0 radical (unpaired) electrons. The maximum atomic E-state index is 12.3. The van der Waals surface area contributed by atoms with E-state index >= 15 is 0 Å². The summed E-state index contributed by atoms with van der Waals surface area (Å²) < 4.78 is 1.85. The highest BCUT2D eigenvalue weighted by molar-refractivity contribution is 7.99. The minimum atomic E-state index is -0.399. The Labute approximate surface area is 138 Å². The summed E-state index contributed by atoms with van der Waals surface area (Å²) in [6.45, 7) is 0.206. The van der Waals surface area contributed by atoms with Gasteiger partial charge in [0.2, 0.25) is 11.8 Å². The first-order chi connectivity index (χ1) is 11.1. The molecule has 1 aromatic carbocycles. The summed E-state index contributed by atoms with van der Waals surface area (Å²) in [4.78, 5) is 27.9. The topological polar surface area (TPSA) is 90.0 Å². The van der Waals surface area contributed by atoms with E-state index < -0.39 is 5.91 Å². The zero-order valence-electron chi connectivity index (χ0n) is 12.8. The van der Waals surface area contributed by atoms with Gasteiger partial charge in [0.25, 0.3) is 0 Å². The van der Waals surface area contributed by atoms with E-state index in [0.717, 1.165) is 23.9 Å². The molecule has 1 fully saturated rings. The molecule has 2 amide bonds. The lowest BCUT2D eigenvalue weighted by molar-refractivity contribution is -0.122. The minimum absolute atomic E-state index is 0.0130. The molecule has 1 heterocycles. The zero-order valence-corrected chi connectivity index (χ0v) is 13.6. The average Bonchev–Trinajstić information content (AvgIpc) is 3.13. The molecule has 2 aromatic rings. The monoisotopic (exact) mass is 332 g/mol. The number of aromatic nitrogens is 2. The SMILES string of the molecule is NC(=O)CSc1nc2ccccc2n1CC(=O)NC1CCCC1. The summed E-state index contributed by atoms with van der Waals surface area (Å²) in [6, 6.07) is 7.94. The quantitative estimate of drug-likeness (QED) is 0.788. The summed E-state index contributed by atoms with van der Waals surface area (Å²) in [5, 5.41) is 3.73. The molecule has 3 rings (SSSR count). The standard InChI is InChI=1S/C16H20N4O2S/c17-14(21)10-23-16-19-12-7-3-4-8-13(12)20(16)9-15(22)18-11-5-1-2-6-11/h3-4,7-8,11H,1-2,5-6,9-10H2,(H2,17,21)(H,18,22). The molecule has 1 aliphatic carbocycles. The summed E-state index contributed by atoms with van der Waals surface area (Å²) >= 11 is 1.26. The molecular formula is C16H20N4O2S. The smallest absolute Gasteiger partial charge is 0.240 e. The number of nitrogens with one attached hydrogen (secondary N) is 1. The molecule has 0 aliphatic heterocycles. The fraction of sp³-hybridized carbons (Fsp3) is 0.438. The van der Waals surface area contributed by atoms with Crippen molar-refractivity contribution in [3.63, 3.8) is 0 Å². The van der Waals surface area contributed by atoms with Crippen LogP contribution in [-0.2, 0) is 16.1 Å². The summed E-state index contributed by atoms with van der Waals surface area (Å²) in [7, 11) is 0. The number of fused-ring (bicyclic) bond motifs is 1. The first-order valence-corrected chi connectivity index (χ1v) is 8.78. The van der Waals surface area contributed by atoms with Gasteiger partial charge in [-0.15, -0.1) is 0 Å². The third-order valence-electron chi connectivity index (χ3n) is 3.99. The van der Waals surface area contributed by atoms with Gasteiger partial charge in [0.15, 0.2) is 5.16 Å². The van der Waals surface area contributed by atoms with Gasteiger partial charge in [-0.25, -0.2) is 4.98 Å². The molecular weight excluding hydrogens is 312 g/mol. The van der Waals surface area contributed by atoms with E-state index in [9.17, 15) is 9.59 Å². The predicted molar refractivity (Wildman–Crippen MR) is 90.1 cm³/mol. The number of nitrogens with zero attached hydrogens (tertiary/aromatic N) is 2. The third-order valence-corrected chi connectivity index (χ3v) is 4.98. The van der Waals surface area contributed by atoms with Crippen LogP contribution in [0.1, 0.15) is 25.7 Å². The van der Waals surface area contributed by atoms with E-state index in [2.05, 4.69) is 10.3 Å². The number of carbonyl (C=O) groups is 2. The second-order valence-corrected chi connectivity index (χ2v) is 6.72. The Morgan fingerprint density at radius 3 is 2.78 bits per heavy atom. The Morgan fingerprint density at radius 2 is 2.04 bits per heavy atom. The van der Waals surface area contributed by atoms with Gasteiger partial charge in [-0.1, -0.05) is 36.7 Å². The highest BCUT2D eigenvalue weighted by Gasteiger charge is 2.19. The van der Waals surface area contributed by atoms with E-state index in [0.29, 0.717) is 11.2 Å². The van der Waals surface area contributed by atoms with Crippen LogP contribution in [0.5, 0.6) is 0 Å². The van der Waals surface area contributed by atoms with E-state index in [1.165, 1.54) is 24.6 Å². The molecule has 1 aromatic heterocycles. The van der Waals surface area contributed by atoms with Crippen LogP contribution in [0.25, 0.3) is 11.0 Å². The molecule has 1 aliphatic rings. The number of benzene rings is 1. The fourth-order valence-corrected chi connectivity index (χ4v) is 3.69. The number of para-hydroxylation sites is 2. The zero-order chi connectivity index (χ0) is 16.2. The van der Waals surface area contributed by atoms with Crippen LogP contribution in [0, 0.1) is 0 Å². The molecule has 0 bridgehead atoms. The lowest BCUT2D eigenvalue weighted by Crippen LogP contribution is -2.35. The van der Waals surface area contributed by atoms with Gasteiger partial charge in [0.05, 0.1) is 16.8 Å². The molecule has 0 unspecified atom stereocenters. The number of imidazole rings is 1. The van der Waals surface area contributed by atoms with Crippen LogP contribution in [0.4, 0.5) is 0 Å². The largest absolute Gasteiger partial charge is 0.369 e. The van der Waals surface area contributed by atoms with Crippen LogP contribution in [0.2, 0.25) is 0 Å². The van der Waals surface area contributed by atoms with Crippen molar-refractivity contribution in [1.82, 2.24) is 14.9 Å². The first-order valence-electron chi connectivity index (χ1n) is 7.79. The van der Waals surface area contributed by atoms with Crippen molar-refractivity contribution in [2.45, 2.75) is 43.4 Å². The van der Waals surface area contributed by atoms with E-state index in [-0.39, 0.29) is 18.2 Å². The number of hydrogen-bond acceptors (Lipinski definition) is 4. The highest BCUT2D eigenvalue weighted by Crippen LogP contribution is 2.24. The average molecular weight is 332 g/mol. The van der Waals surface area contributed by atoms with Crippen molar-refractivity contribution < 1.29 is 9.59 Å². The van der Waals surface area contributed by atoms with Gasteiger partial charge in [-0.05, 0) is 25.0 Å². The predicted octanol–water partition coefficient (Wildman–Crippen LogP) is 1.67. The lowest BCUT2D eigenvalue weighted by Gasteiger charge is -2.13. The number of carbonyl (C=O) groups excluding carboxylic acids is 2. The molecule has 122 valence electrons. The van der Waals surface area contributed by atoms with Gasteiger partial charge >= 0.3 is 0 Å². The van der Waals surface area contributed by atoms with Crippen LogP contribution in [0.3, 0.4) is 0 Å². The number of amides is 2. The van der Waals surface area contributed by atoms with Crippen LogP contribution in [0.15, 0.2) is 29.4 Å². The van der Waals surface area contributed by atoms with E-state index in [4.69, 9.17) is 5.73 Å². The lowest BCUT2D eigenvalue weighted by atomic mass is 10.2. The highest BCUT2D eigenvalue weighted by atomic mass is 32.2.